The quantitative estimate of drug-likeness (QED) is 0.491. The van der Waals surface area contributed by atoms with E-state index in [2.05, 4.69) is 10.6 Å². The molecule has 2 aromatic carbocycles. The lowest BCUT2D eigenvalue weighted by Gasteiger charge is -2.26. The van der Waals surface area contributed by atoms with Crippen molar-refractivity contribution < 1.29 is 27.5 Å². The highest BCUT2D eigenvalue weighted by atomic mass is 32.2. The zero-order valence-electron chi connectivity index (χ0n) is 19.4. The van der Waals surface area contributed by atoms with Crippen LogP contribution in [0.1, 0.15) is 24.2 Å². The Morgan fingerprint density at radius 3 is 2.44 bits per heavy atom. The molecule has 3 rings (SSSR count). The Hall–Kier alpha value is -2.95. The van der Waals surface area contributed by atoms with Crippen molar-refractivity contribution in [1.29, 1.82) is 0 Å². The molecule has 0 radical (unpaired) electrons. The summed E-state index contributed by atoms with van der Waals surface area (Å²) >= 11 is 0. The van der Waals surface area contributed by atoms with Crippen LogP contribution in [0.4, 0.5) is 0 Å². The van der Waals surface area contributed by atoms with Crippen molar-refractivity contribution in [3.05, 3.63) is 60.2 Å². The van der Waals surface area contributed by atoms with E-state index in [4.69, 9.17) is 9.47 Å². The molecule has 1 fully saturated rings. The molecule has 0 saturated carbocycles. The van der Waals surface area contributed by atoms with Crippen LogP contribution in [0.3, 0.4) is 0 Å². The number of morpholine rings is 1. The van der Waals surface area contributed by atoms with Gasteiger partial charge in [-0.25, -0.2) is 8.42 Å². The summed E-state index contributed by atoms with van der Waals surface area (Å²) in [5, 5.41) is 5.51. The van der Waals surface area contributed by atoms with Gasteiger partial charge in [0, 0.05) is 18.7 Å². The van der Waals surface area contributed by atoms with E-state index in [1.807, 2.05) is 44.2 Å². The van der Waals surface area contributed by atoms with Gasteiger partial charge in [0.25, 0.3) is 5.91 Å². The fourth-order valence-electron chi connectivity index (χ4n) is 3.46. The van der Waals surface area contributed by atoms with Gasteiger partial charge < -0.3 is 20.1 Å². The fourth-order valence-corrected chi connectivity index (χ4v) is 4.92. The molecule has 1 atom stereocenters. The average molecular weight is 490 g/mol. The zero-order chi connectivity index (χ0) is 24.6. The Kier molecular flexibility index (Phi) is 9.03. The first-order valence-corrected chi connectivity index (χ1v) is 12.7. The Balaban J connectivity index is 1.60. The minimum absolute atomic E-state index is 0.0330. The third kappa shape index (κ3) is 6.78. The van der Waals surface area contributed by atoms with Gasteiger partial charge in [-0.3, -0.25) is 9.59 Å². The predicted octanol–water partition coefficient (Wildman–Crippen LogP) is 1.66. The van der Waals surface area contributed by atoms with Gasteiger partial charge in [-0.05, 0) is 36.2 Å². The Bertz CT molecular complexity index is 1070. The minimum atomic E-state index is -3.74. The topological polar surface area (TPSA) is 114 Å². The van der Waals surface area contributed by atoms with Gasteiger partial charge in [0.05, 0.1) is 24.7 Å². The minimum Gasteiger partial charge on any atom is -0.492 e. The first-order chi connectivity index (χ1) is 16.3. The molecule has 0 unspecified atom stereocenters. The monoisotopic (exact) mass is 489 g/mol. The van der Waals surface area contributed by atoms with Gasteiger partial charge in [0.2, 0.25) is 15.9 Å². The van der Waals surface area contributed by atoms with Crippen LogP contribution in [0.5, 0.6) is 5.75 Å². The van der Waals surface area contributed by atoms with E-state index >= 15 is 0 Å². The van der Waals surface area contributed by atoms with E-state index in [1.54, 1.807) is 0 Å². The molecule has 0 bridgehead atoms. The molecule has 0 aromatic heterocycles. The Morgan fingerprint density at radius 1 is 1.06 bits per heavy atom. The van der Waals surface area contributed by atoms with Crippen LogP contribution < -0.4 is 15.4 Å². The molecule has 1 heterocycles. The summed E-state index contributed by atoms with van der Waals surface area (Å²) < 4.78 is 38.0. The summed E-state index contributed by atoms with van der Waals surface area (Å²) in [6.07, 6.45) is 0. The van der Waals surface area contributed by atoms with Crippen molar-refractivity contribution in [1.82, 2.24) is 14.9 Å². The molecular formula is C24H31N3O6S. The van der Waals surface area contributed by atoms with Crippen molar-refractivity contribution >= 4 is 21.8 Å². The average Bonchev–Trinajstić information content (AvgIpc) is 2.86. The number of carbonyl (C=O) groups excluding carboxylic acids is 2. The lowest BCUT2D eigenvalue weighted by Crippen LogP contribution is -2.50. The largest absolute Gasteiger partial charge is 0.492 e. The van der Waals surface area contributed by atoms with Crippen LogP contribution in [-0.4, -0.2) is 70.0 Å². The molecule has 2 amide bonds. The molecule has 184 valence electrons. The number of carbonyl (C=O) groups is 2. The zero-order valence-corrected chi connectivity index (χ0v) is 20.2. The first kappa shape index (κ1) is 25.7. The van der Waals surface area contributed by atoms with Gasteiger partial charge in [0.15, 0.2) is 0 Å². The number of para-hydroxylation sites is 1. The molecule has 34 heavy (non-hydrogen) atoms. The maximum Gasteiger partial charge on any atom is 0.251 e. The van der Waals surface area contributed by atoms with Gasteiger partial charge >= 0.3 is 0 Å². The van der Waals surface area contributed by atoms with Crippen LogP contribution in [0.2, 0.25) is 0 Å². The number of hydrogen-bond acceptors (Lipinski definition) is 6. The molecule has 1 aliphatic heterocycles. The number of hydrogen-bond donors (Lipinski definition) is 2. The highest BCUT2D eigenvalue weighted by Gasteiger charge is 2.28. The summed E-state index contributed by atoms with van der Waals surface area (Å²) in [6.45, 7) is 5.41. The van der Waals surface area contributed by atoms with Crippen molar-refractivity contribution in [3.63, 3.8) is 0 Å². The number of sulfonamides is 1. The second kappa shape index (κ2) is 12.0. The van der Waals surface area contributed by atoms with E-state index in [-0.39, 0.29) is 48.5 Å². The smallest absolute Gasteiger partial charge is 0.251 e. The Labute approximate surface area is 200 Å². The third-order valence-electron chi connectivity index (χ3n) is 5.35. The molecule has 0 spiro atoms. The van der Waals surface area contributed by atoms with Gasteiger partial charge in [0.1, 0.15) is 18.4 Å². The second-order valence-electron chi connectivity index (χ2n) is 8.19. The van der Waals surface area contributed by atoms with Crippen LogP contribution in [-0.2, 0) is 19.6 Å². The molecule has 0 aliphatic carbocycles. The molecule has 2 N–H and O–H groups in total. The highest BCUT2D eigenvalue weighted by Crippen LogP contribution is 2.19. The predicted molar refractivity (Wildman–Crippen MR) is 127 cm³/mol. The van der Waals surface area contributed by atoms with Gasteiger partial charge in [-0.1, -0.05) is 38.1 Å². The molecule has 1 saturated heterocycles. The fraction of sp³-hybridized carbons (Fsp3) is 0.417. The van der Waals surface area contributed by atoms with Crippen molar-refractivity contribution in [2.75, 3.05) is 39.5 Å². The number of nitrogens with one attached hydrogen (secondary N) is 2. The van der Waals surface area contributed by atoms with Crippen LogP contribution >= 0.6 is 0 Å². The van der Waals surface area contributed by atoms with Crippen LogP contribution in [0.25, 0.3) is 0 Å². The van der Waals surface area contributed by atoms with E-state index in [0.717, 1.165) is 0 Å². The van der Waals surface area contributed by atoms with Gasteiger partial charge in [-0.2, -0.15) is 4.31 Å². The second-order valence-corrected chi connectivity index (χ2v) is 10.1. The number of rotatable bonds is 10. The summed E-state index contributed by atoms with van der Waals surface area (Å²) in [5.41, 5.74) is 0.167. The standard InChI is InChI=1S/C24H31N3O6S/c1-18(2)22(24(29)25-11-14-33-20-8-4-3-5-9-20)26-23(28)19-7-6-10-21(17-19)34(30,31)27-12-15-32-16-13-27/h3-10,17-18,22H,11-16H2,1-2H3,(H,25,29)(H,26,28)/t22-/m0/s1. The van der Waals surface area contributed by atoms with Gasteiger partial charge in [-0.15, -0.1) is 0 Å². The number of ether oxygens (including phenoxy) is 2. The summed E-state index contributed by atoms with van der Waals surface area (Å²) in [6, 6.07) is 14.3. The van der Waals surface area contributed by atoms with E-state index in [1.165, 1.54) is 28.6 Å². The normalized spacial score (nSPS) is 15.5. The number of benzene rings is 2. The van der Waals surface area contributed by atoms with E-state index in [9.17, 15) is 18.0 Å². The maximum absolute atomic E-state index is 12.9. The molecule has 9 nitrogen and oxygen atoms in total. The SMILES string of the molecule is CC(C)[C@H](NC(=O)c1cccc(S(=O)(=O)N2CCOCC2)c1)C(=O)NCCOc1ccccc1. The van der Waals surface area contributed by atoms with E-state index < -0.39 is 22.0 Å². The summed E-state index contributed by atoms with van der Waals surface area (Å²) in [4.78, 5) is 25.6. The summed E-state index contributed by atoms with van der Waals surface area (Å²) in [7, 11) is -3.74. The number of amides is 2. The Morgan fingerprint density at radius 2 is 1.76 bits per heavy atom. The van der Waals surface area contributed by atoms with Crippen molar-refractivity contribution in [3.8, 4) is 5.75 Å². The molecule has 1 aliphatic rings. The van der Waals surface area contributed by atoms with E-state index in [0.29, 0.717) is 19.0 Å². The molecule has 2 aromatic rings. The molecular weight excluding hydrogens is 458 g/mol. The number of nitrogens with zero attached hydrogens (tertiary/aromatic N) is 1. The lowest BCUT2D eigenvalue weighted by molar-refractivity contribution is -0.124. The summed E-state index contributed by atoms with van der Waals surface area (Å²) in [5.74, 6) is -0.331. The first-order valence-electron chi connectivity index (χ1n) is 11.2. The van der Waals surface area contributed by atoms with Crippen LogP contribution in [0.15, 0.2) is 59.5 Å². The molecule has 10 heteroatoms. The third-order valence-corrected chi connectivity index (χ3v) is 7.25. The highest BCUT2D eigenvalue weighted by molar-refractivity contribution is 7.89. The van der Waals surface area contributed by atoms with Crippen molar-refractivity contribution in [2.45, 2.75) is 24.8 Å². The lowest BCUT2D eigenvalue weighted by atomic mass is 10.0. The van der Waals surface area contributed by atoms with Crippen LogP contribution in [0, 0.1) is 5.92 Å². The van der Waals surface area contributed by atoms with Crippen molar-refractivity contribution in [2.24, 2.45) is 5.92 Å². The maximum atomic E-state index is 12.9.